The van der Waals surface area contributed by atoms with E-state index in [9.17, 15) is 13.2 Å². The molecule has 0 amide bonds. The first kappa shape index (κ1) is 21.0. The number of hydrogen-bond donors (Lipinski definition) is 0. The van der Waals surface area contributed by atoms with Crippen molar-refractivity contribution in [2.45, 2.75) is 38.6 Å². The minimum atomic E-state index is -3.46. The van der Waals surface area contributed by atoms with Gasteiger partial charge in [0.15, 0.2) is 0 Å². The van der Waals surface area contributed by atoms with Gasteiger partial charge in [0.05, 0.1) is 17.4 Å². The molecule has 0 spiro atoms. The summed E-state index contributed by atoms with van der Waals surface area (Å²) >= 11 is 0. The van der Waals surface area contributed by atoms with Crippen molar-refractivity contribution in [1.82, 2.24) is 4.31 Å². The number of carbonyl (C=O) groups excluding carboxylic acids is 1. The highest BCUT2D eigenvalue weighted by molar-refractivity contribution is 7.89. The van der Waals surface area contributed by atoms with Crippen molar-refractivity contribution in [3.05, 3.63) is 54.1 Å². The molecule has 0 saturated carbocycles. The Kier molecular flexibility index (Phi) is 6.68. The van der Waals surface area contributed by atoms with Crippen LogP contribution in [0.2, 0.25) is 0 Å². The molecule has 1 heterocycles. The summed E-state index contributed by atoms with van der Waals surface area (Å²) in [7, 11) is -3.46. The SMILES string of the molecule is CCCS(=O)(=O)N1CCCCC1C(=O)Oc1ccc(-c2ccc(C#N)cc2)cc1. The molecule has 0 radical (unpaired) electrons. The summed E-state index contributed by atoms with van der Waals surface area (Å²) in [5.41, 5.74) is 2.47. The van der Waals surface area contributed by atoms with Crippen LogP contribution in [0.3, 0.4) is 0 Å². The zero-order valence-electron chi connectivity index (χ0n) is 16.4. The fourth-order valence-corrected chi connectivity index (χ4v) is 5.22. The molecule has 2 aromatic rings. The van der Waals surface area contributed by atoms with Gasteiger partial charge in [-0.15, -0.1) is 0 Å². The Hall–Kier alpha value is -2.69. The zero-order valence-corrected chi connectivity index (χ0v) is 17.2. The summed E-state index contributed by atoms with van der Waals surface area (Å²) in [6, 6.07) is 15.6. The second-order valence-corrected chi connectivity index (χ2v) is 9.11. The van der Waals surface area contributed by atoms with Crippen LogP contribution in [-0.4, -0.2) is 37.0 Å². The maximum Gasteiger partial charge on any atom is 0.329 e. The minimum absolute atomic E-state index is 0.0378. The van der Waals surface area contributed by atoms with Gasteiger partial charge in [0, 0.05) is 6.54 Å². The van der Waals surface area contributed by atoms with Crippen LogP contribution in [0.4, 0.5) is 0 Å². The zero-order chi connectivity index (χ0) is 20.9. The Morgan fingerprint density at radius 1 is 1.10 bits per heavy atom. The van der Waals surface area contributed by atoms with Crippen molar-refractivity contribution in [3.63, 3.8) is 0 Å². The fourth-order valence-electron chi connectivity index (χ4n) is 3.49. The van der Waals surface area contributed by atoms with Crippen LogP contribution >= 0.6 is 0 Å². The summed E-state index contributed by atoms with van der Waals surface area (Å²) in [6.07, 6.45) is 2.55. The summed E-state index contributed by atoms with van der Waals surface area (Å²) in [5, 5.41) is 8.89. The van der Waals surface area contributed by atoms with Gasteiger partial charge in [-0.2, -0.15) is 9.57 Å². The molecule has 0 N–H and O–H groups in total. The quantitative estimate of drug-likeness (QED) is 0.533. The molecule has 7 heteroatoms. The third-order valence-corrected chi connectivity index (χ3v) is 7.04. The number of nitriles is 1. The van der Waals surface area contributed by atoms with E-state index in [2.05, 4.69) is 6.07 Å². The molecule has 0 bridgehead atoms. The number of rotatable bonds is 6. The predicted molar refractivity (Wildman–Crippen MR) is 111 cm³/mol. The first-order valence-electron chi connectivity index (χ1n) is 9.76. The Bertz CT molecular complexity index is 993. The van der Waals surface area contributed by atoms with E-state index in [0.29, 0.717) is 30.7 Å². The second kappa shape index (κ2) is 9.21. The summed E-state index contributed by atoms with van der Waals surface area (Å²) in [4.78, 5) is 12.7. The van der Waals surface area contributed by atoms with Crippen LogP contribution in [0.1, 0.15) is 38.2 Å². The first-order valence-corrected chi connectivity index (χ1v) is 11.4. The van der Waals surface area contributed by atoms with Gasteiger partial charge in [0.1, 0.15) is 11.8 Å². The van der Waals surface area contributed by atoms with E-state index in [4.69, 9.17) is 10.00 Å². The molecule has 1 saturated heterocycles. The smallest absolute Gasteiger partial charge is 0.329 e. The molecule has 1 fully saturated rings. The third-order valence-electron chi connectivity index (χ3n) is 4.97. The van der Waals surface area contributed by atoms with E-state index < -0.39 is 22.0 Å². The van der Waals surface area contributed by atoms with E-state index in [0.717, 1.165) is 24.0 Å². The van der Waals surface area contributed by atoms with Crippen molar-refractivity contribution in [2.24, 2.45) is 0 Å². The number of ether oxygens (including phenoxy) is 1. The predicted octanol–water partition coefficient (Wildman–Crippen LogP) is 3.72. The van der Waals surface area contributed by atoms with E-state index in [1.54, 1.807) is 24.3 Å². The molecule has 2 aromatic carbocycles. The lowest BCUT2D eigenvalue weighted by Gasteiger charge is -2.32. The van der Waals surface area contributed by atoms with E-state index in [-0.39, 0.29) is 5.75 Å². The highest BCUT2D eigenvalue weighted by Crippen LogP contribution is 2.26. The topological polar surface area (TPSA) is 87.5 Å². The van der Waals surface area contributed by atoms with Crippen molar-refractivity contribution < 1.29 is 17.9 Å². The molecule has 3 rings (SSSR count). The number of sulfonamides is 1. The largest absolute Gasteiger partial charge is 0.425 e. The van der Waals surface area contributed by atoms with Crippen LogP contribution in [0.25, 0.3) is 11.1 Å². The summed E-state index contributed by atoms with van der Waals surface area (Å²) in [6.45, 7) is 2.17. The van der Waals surface area contributed by atoms with Gasteiger partial charge < -0.3 is 4.74 Å². The number of esters is 1. The number of piperidine rings is 1. The lowest BCUT2D eigenvalue weighted by atomic mass is 10.0. The van der Waals surface area contributed by atoms with E-state index in [1.165, 1.54) is 4.31 Å². The van der Waals surface area contributed by atoms with E-state index in [1.807, 2.05) is 31.2 Å². The molecule has 6 nitrogen and oxygen atoms in total. The maximum absolute atomic E-state index is 12.7. The van der Waals surface area contributed by atoms with Gasteiger partial charge in [-0.1, -0.05) is 31.2 Å². The van der Waals surface area contributed by atoms with Gasteiger partial charge in [-0.25, -0.2) is 13.2 Å². The van der Waals surface area contributed by atoms with Crippen molar-refractivity contribution in [3.8, 4) is 22.9 Å². The molecular formula is C22H24N2O4S. The summed E-state index contributed by atoms with van der Waals surface area (Å²) < 4.78 is 31.8. The summed E-state index contributed by atoms with van der Waals surface area (Å²) in [5.74, 6) is -0.114. The number of hydrogen-bond acceptors (Lipinski definition) is 5. The number of carbonyl (C=O) groups is 1. The second-order valence-electron chi connectivity index (χ2n) is 7.07. The molecule has 29 heavy (non-hydrogen) atoms. The molecule has 1 aliphatic heterocycles. The minimum Gasteiger partial charge on any atom is -0.425 e. The Balaban J connectivity index is 1.71. The molecule has 1 unspecified atom stereocenters. The first-order chi connectivity index (χ1) is 13.9. The third kappa shape index (κ3) is 5.03. The average molecular weight is 413 g/mol. The van der Waals surface area contributed by atoms with Gasteiger partial charge in [-0.3, -0.25) is 0 Å². The van der Waals surface area contributed by atoms with Crippen LogP contribution in [0, 0.1) is 11.3 Å². The molecular weight excluding hydrogens is 388 g/mol. The lowest BCUT2D eigenvalue weighted by Crippen LogP contribution is -2.50. The highest BCUT2D eigenvalue weighted by Gasteiger charge is 2.37. The Labute approximate surface area is 171 Å². The van der Waals surface area contributed by atoms with Gasteiger partial charge in [-0.05, 0) is 61.1 Å². The van der Waals surface area contributed by atoms with Crippen LogP contribution in [-0.2, 0) is 14.8 Å². The molecule has 1 aliphatic rings. The molecule has 1 atom stereocenters. The molecule has 0 aromatic heterocycles. The number of nitrogens with zero attached hydrogens (tertiary/aromatic N) is 2. The normalized spacial score (nSPS) is 17.4. The lowest BCUT2D eigenvalue weighted by molar-refractivity contribution is -0.139. The molecule has 152 valence electrons. The van der Waals surface area contributed by atoms with Gasteiger partial charge >= 0.3 is 5.97 Å². The van der Waals surface area contributed by atoms with Crippen LogP contribution in [0.15, 0.2) is 48.5 Å². The van der Waals surface area contributed by atoms with Crippen LogP contribution < -0.4 is 4.74 Å². The maximum atomic E-state index is 12.7. The van der Waals surface area contributed by atoms with Crippen molar-refractivity contribution >= 4 is 16.0 Å². The monoisotopic (exact) mass is 412 g/mol. The van der Waals surface area contributed by atoms with Gasteiger partial charge in [0.2, 0.25) is 10.0 Å². The Morgan fingerprint density at radius 2 is 1.72 bits per heavy atom. The number of benzene rings is 2. The van der Waals surface area contributed by atoms with Crippen molar-refractivity contribution in [2.75, 3.05) is 12.3 Å². The van der Waals surface area contributed by atoms with Crippen LogP contribution in [0.5, 0.6) is 5.75 Å². The standard InChI is InChI=1S/C22H24N2O4S/c1-2-15-29(26,27)24-14-4-3-5-21(24)22(25)28-20-12-10-19(11-13-20)18-8-6-17(16-23)7-9-18/h6-13,21H,2-5,14-15H2,1H3. The highest BCUT2D eigenvalue weighted by atomic mass is 32.2. The average Bonchev–Trinajstić information content (AvgIpc) is 2.74. The fraction of sp³-hybridized carbons (Fsp3) is 0.364. The molecule has 0 aliphatic carbocycles. The van der Waals surface area contributed by atoms with Gasteiger partial charge in [0.25, 0.3) is 0 Å². The Morgan fingerprint density at radius 3 is 2.31 bits per heavy atom. The van der Waals surface area contributed by atoms with E-state index >= 15 is 0 Å². The van der Waals surface area contributed by atoms with Crippen molar-refractivity contribution in [1.29, 1.82) is 5.26 Å².